The number of rotatable bonds is 42. The van der Waals surface area contributed by atoms with E-state index in [1.807, 2.05) is 21.1 Å². The summed E-state index contributed by atoms with van der Waals surface area (Å²) in [5.74, 6) is -0.308. The summed E-state index contributed by atoms with van der Waals surface area (Å²) in [7, 11) is 1.68. The van der Waals surface area contributed by atoms with Crippen molar-refractivity contribution >= 4 is 13.8 Å². The number of phosphoric ester groups is 1. The Hall–Kier alpha value is -0.500. The lowest BCUT2D eigenvalue weighted by atomic mass is 10.0. The zero-order valence-electron chi connectivity index (χ0n) is 35.3. The Morgan fingerprint density at radius 1 is 0.519 bits per heavy atom. The molecular formula is C43H89NO7P+. The van der Waals surface area contributed by atoms with Crippen LogP contribution in [0, 0.1) is 0 Å². The minimum absolute atomic E-state index is 0.0938. The topological polar surface area (TPSA) is 91.3 Å². The van der Waals surface area contributed by atoms with Crippen LogP contribution in [0.5, 0.6) is 0 Å². The van der Waals surface area contributed by atoms with Crippen molar-refractivity contribution in [3.8, 4) is 0 Å². The van der Waals surface area contributed by atoms with Crippen LogP contribution in [0.1, 0.15) is 213 Å². The second-order valence-corrected chi connectivity index (χ2v) is 17.9. The molecule has 0 bridgehead atoms. The van der Waals surface area contributed by atoms with Crippen LogP contribution < -0.4 is 0 Å². The number of esters is 1. The molecule has 0 aromatic carbocycles. The van der Waals surface area contributed by atoms with Crippen LogP contribution in [0.2, 0.25) is 0 Å². The van der Waals surface area contributed by atoms with Crippen molar-refractivity contribution in [1.29, 1.82) is 0 Å². The third kappa shape index (κ3) is 40.7. The lowest BCUT2D eigenvalue weighted by molar-refractivity contribution is -0.870. The summed E-state index contributed by atoms with van der Waals surface area (Å²) in [5.41, 5.74) is 0. The van der Waals surface area contributed by atoms with Crippen LogP contribution in [-0.4, -0.2) is 75.6 Å². The van der Waals surface area contributed by atoms with Gasteiger partial charge in [-0.3, -0.25) is 13.8 Å². The molecule has 0 fully saturated rings. The number of hydrogen-bond acceptors (Lipinski definition) is 6. The molecule has 312 valence electrons. The van der Waals surface area contributed by atoms with Gasteiger partial charge < -0.3 is 18.9 Å². The Balaban J connectivity index is 4.15. The van der Waals surface area contributed by atoms with Crippen molar-refractivity contribution in [2.45, 2.75) is 219 Å². The van der Waals surface area contributed by atoms with Gasteiger partial charge in [0.1, 0.15) is 19.3 Å². The number of nitrogens with zero attached hydrogens (tertiary/aromatic N) is 1. The SMILES string of the molecule is CCCCCCCCCCCCCCCCCCCCC(=O)OC(COCCCCCCCCCCCCCC)COP(=O)(O)OCC[N+](C)(C)C. The molecule has 0 aliphatic rings. The minimum Gasteiger partial charge on any atom is -0.457 e. The fourth-order valence-corrected chi connectivity index (χ4v) is 7.18. The average molecular weight is 763 g/mol. The Morgan fingerprint density at radius 2 is 0.885 bits per heavy atom. The van der Waals surface area contributed by atoms with Gasteiger partial charge in [-0.15, -0.1) is 0 Å². The maximum atomic E-state index is 12.7. The zero-order valence-corrected chi connectivity index (χ0v) is 36.2. The van der Waals surface area contributed by atoms with Crippen LogP contribution >= 0.6 is 7.82 Å². The smallest absolute Gasteiger partial charge is 0.457 e. The van der Waals surface area contributed by atoms with Gasteiger partial charge in [0, 0.05) is 13.0 Å². The first-order valence-electron chi connectivity index (χ1n) is 22.3. The van der Waals surface area contributed by atoms with Crippen LogP contribution in [0.4, 0.5) is 0 Å². The van der Waals surface area contributed by atoms with E-state index in [0.717, 1.165) is 32.1 Å². The van der Waals surface area contributed by atoms with Gasteiger partial charge in [-0.2, -0.15) is 0 Å². The summed E-state index contributed by atoms with van der Waals surface area (Å²) in [6.45, 7) is 5.67. The van der Waals surface area contributed by atoms with Crippen LogP contribution in [0.25, 0.3) is 0 Å². The van der Waals surface area contributed by atoms with E-state index in [2.05, 4.69) is 13.8 Å². The molecular weight excluding hydrogens is 673 g/mol. The van der Waals surface area contributed by atoms with E-state index in [1.165, 1.54) is 161 Å². The number of carbonyl (C=O) groups excluding carboxylic acids is 1. The van der Waals surface area contributed by atoms with E-state index >= 15 is 0 Å². The molecule has 1 N–H and O–H groups in total. The zero-order chi connectivity index (χ0) is 38.4. The lowest BCUT2D eigenvalue weighted by Crippen LogP contribution is -2.37. The van der Waals surface area contributed by atoms with Crippen LogP contribution in [0.15, 0.2) is 0 Å². The van der Waals surface area contributed by atoms with Gasteiger partial charge in [0.2, 0.25) is 0 Å². The maximum absolute atomic E-state index is 12.7. The number of ether oxygens (including phenoxy) is 2. The molecule has 0 aliphatic heterocycles. The molecule has 0 aromatic heterocycles. The van der Waals surface area contributed by atoms with Gasteiger partial charge >= 0.3 is 13.8 Å². The molecule has 2 unspecified atom stereocenters. The number of quaternary nitrogens is 1. The highest BCUT2D eigenvalue weighted by Crippen LogP contribution is 2.43. The molecule has 0 rings (SSSR count). The summed E-state index contributed by atoms with van der Waals surface area (Å²) >= 11 is 0. The van der Waals surface area contributed by atoms with Crippen molar-refractivity contribution in [2.24, 2.45) is 0 Å². The number of hydrogen-bond donors (Lipinski definition) is 1. The largest absolute Gasteiger partial charge is 0.472 e. The standard InChI is InChI=1S/C43H88NO7P/c1-6-8-10-12-14-16-18-20-21-22-23-24-25-26-28-30-32-34-36-43(45)51-42(41-50-52(46,47)49-39-37-44(3,4)5)40-48-38-35-33-31-29-27-19-17-15-13-11-9-7-2/h42H,6-41H2,1-5H3/p+1. The molecule has 0 saturated heterocycles. The molecule has 0 amide bonds. The molecule has 0 radical (unpaired) electrons. The molecule has 0 heterocycles. The molecule has 2 atom stereocenters. The summed E-state index contributed by atoms with van der Waals surface area (Å²) in [6.07, 6.45) is 38.4. The Bertz CT molecular complexity index is 807. The van der Waals surface area contributed by atoms with Crippen molar-refractivity contribution in [3.63, 3.8) is 0 Å². The maximum Gasteiger partial charge on any atom is 0.472 e. The molecule has 52 heavy (non-hydrogen) atoms. The fourth-order valence-electron chi connectivity index (χ4n) is 6.44. The summed E-state index contributed by atoms with van der Waals surface area (Å²) < 4.78 is 35.0. The first-order chi connectivity index (χ1) is 25.1. The van der Waals surface area contributed by atoms with E-state index in [4.69, 9.17) is 18.5 Å². The third-order valence-electron chi connectivity index (χ3n) is 9.92. The van der Waals surface area contributed by atoms with Gasteiger partial charge in [-0.05, 0) is 12.8 Å². The van der Waals surface area contributed by atoms with E-state index in [1.54, 1.807) is 0 Å². The summed E-state index contributed by atoms with van der Waals surface area (Å²) in [6, 6.07) is 0. The number of carbonyl (C=O) groups is 1. The van der Waals surface area contributed by atoms with Crippen molar-refractivity contribution < 1.29 is 37.3 Å². The third-order valence-corrected chi connectivity index (χ3v) is 10.9. The second kappa shape index (κ2) is 37.4. The number of unbranched alkanes of at least 4 members (excludes halogenated alkanes) is 28. The van der Waals surface area contributed by atoms with Gasteiger partial charge in [-0.1, -0.05) is 194 Å². The van der Waals surface area contributed by atoms with Gasteiger partial charge in [0.15, 0.2) is 0 Å². The van der Waals surface area contributed by atoms with Crippen LogP contribution in [-0.2, 0) is 27.9 Å². The monoisotopic (exact) mass is 763 g/mol. The molecule has 0 saturated carbocycles. The predicted molar refractivity (Wildman–Crippen MR) is 220 cm³/mol. The molecule has 0 aromatic rings. The van der Waals surface area contributed by atoms with E-state index in [-0.39, 0.29) is 25.8 Å². The number of likely N-dealkylation sites (N-methyl/N-ethyl adjacent to an activating group) is 1. The Kier molecular flexibility index (Phi) is 37.1. The van der Waals surface area contributed by atoms with Gasteiger partial charge in [0.25, 0.3) is 0 Å². The normalized spacial score (nSPS) is 13.7. The summed E-state index contributed by atoms with van der Waals surface area (Å²) in [5, 5.41) is 0. The van der Waals surface area contributed by atoms with E-state index in [0.29, 0.717) is 24.1 Å². The fraction of sp³-hybridized carbons (Fsp3) is 0.977. The van der Waals surface area contributed by atoms with E-state index < -0.39 is 13.9 Å². The first-order valence-corrected chi connectivity index (χ1v) is 23.8. The van der Waals surface area contributed by atoms with Crippen LogP contribution in [0.3, 0.4) is 0 Å². The minimum atomic E-state index is -4.26. The average Bonchev–Trinajstić information content (AvgIpc) is 3.09. The molecule has 8 nitrogen and oxygen atoms in total. The highest BCUT2D eigenvalue weighted by molar-refractivity contribution is 7.47. The predicted octanol–water partition coefficient (Wildman–Crippen LogP) is 12.9. The van der Waals surface area contributed by atoms with Gasteiger partial charge in [-0.25, -0.2) is 4.57 Å². The van der Waals surface area contributed by atoms with Gasteiger partial charge in [0.05, 0.1) is 34.4 Å². The molecule has 0 spiro atoms. The van der Waals surface area contributed by atoms with Crippen molar-refractivity contribution in [3.05, 3.63) is 0 Å². The Morgan fingerprint density at radius 3 is 1.27 bits per heavy atom. The van der Waals surface area contributed by atoms with Crippen molar-refractivity contribution in [2.75, 3.05) is 54.1 Å². The van der Waals surface area contributed by atoms with Crippen molar-refractivity contribution in [1.82, 2.24) is 0 Å². The molecule has 0 aliphatic carbocycles. The van der Waals surface area contributed by atoms with E-state index in [9.17, 15) is 14.3 Å². The second-order valence-electron chi connectivity index (χ2n) is 16.4. The molecule has 9 heteroatoms. The first kappa shape index (κ1) is 51.5. The lowest BCUT2D eigenvalue weighted by Gasteiger charge is -2.24. The quantitative estimate of drug-likeness (QED) is 0.0286. The highest BCUT2D eigenvalue weighted by atomic mass is 31.2. The Labute approximate surface area is 323 Å². The highest BCUT2D eigenvalue weighted by Gasteiger charge is 2.26. The number of phosphoric acid groups is 1. The summed E-state index contributed by atoms with van der Waals surface area (Å²) in [4.78, 5) is 22.9.